The topological polar surface area (TPSA) is 101 Å². The highest BCUT2D eigenvalue weighted by Crippen LogP contribution is 2.22. The SMILES string of the molecule is CN1CCC(COc2cnc(-c3cccc(Cn4c(=O)ccc5c6cc(C#N)ccc6nn54)c3)nc2)CC1. The van der Waals surface area contributed by atoms with Gasteiger partial charge in [-0.25, -0.2) is 14.6 Å². The Hall–Kier alpha value is -4.55. The molecule has 0 atom stereocenters. The van der Waals surface area contributed by atoms with Crippen molar-refractivity contribution in [1.82, 2.24) is 29.3 Å². The van der Waals surface area contributed by atoms with Crippen LogP contribution in [0, 0.1) is 17.2 Å². The summed E-state index contributed by atoms with van der Waals surface area (Å²) < 4.78 is 9.16. The number of benzene rings is 2. The van der Waals surface area contributed by atoms with Crippen LogP contribution in [0.5, 0.6) is 5.75 Å². The maximum absolute atomic E-state index is 12.8. The number of nitrogens with zero attached hydrogens (tertiary/aromatic N) is 7. The van der Waals surface area contributed by atoms with E-state index < -0.39 is 0 Å². The first-order chi connectivity index (χ1) is 18.6. The first-order valence-corrected chi connectivity index (χ1v) is 12.7. The molecule has 190 valence electrons. The lowest BCUT2D eigenvalue weighted by atomic mass is 9.98. The Morgan fingerprint density at radius 2 is 1.87 bits per heavy atom. The summed E-state index contributed by atoms with van der Waals surface area (Å²) in [6.45, 7) is 3.23. The smallest absolute Gasteiger partial charge is 0.267 e. The molecule has 1 aliphatic rings. The van der Waals surface area contributed by atoms with Crippen LogP contribution in [0.15, 0.2) is 71.8 Å². The van der Waals surface area contributed by atoms with E-state index in [0.29, 0.717) is 36.2 Å². The molecule has 1 saturated heterocycles. The fraction of sp³-hybridized carbons (Fsp3) is 0.276. The van der Waals surface area contributed by atoms with Gasteiger partial charge >= 0.3 is 0 Å². The summed E-state index contributed by atoms with van der Waals surface area (Å²) in [4.78, 5) is 24.2. The van der Waals surface area contributed by atoms with Crippen molar-refractivity contribution in [3.8, 4) is 23.2 Å². The van der Waals surface area contributed by atoms with Crippen molar-refractivity contribution >= 4 is 16.4 Å². The number of aromatic nitrogens is 5. The molecule has 0 N–H and O–H groups in total. The largest absolute Gasteiger partial charge is 0.490 e. The second-order valence-electron chi connectivity index (χ2n) is 9.85. The van der Waals surface area contributed by atoms with Crippen molar-refractivity contribution in [2.24, 2.45) is 5.92 Å². The standard InChI is InChI=1S/C29H27N7O2/c1-34-11-9-20(10-12-34)19-38-24-16-31-29(32-17-24)23-4-2-3-22(13-23)18-35-28(37)8-7-27-25-14-21(15-30)5-6-26(25)33-36(27)35/h2-8,13-14,16-17,20H,9-12,18-19H2,1H3. The van der Waals surface area contributed by atoms with Crippen LogP contribution in [0.25, 0.3) is 27.8 Å². The van der Waals surface area contributed by atoms with E-state index in [1.54, 1.807) is 46.0 Å². The molecule has 9 nitrogen and oxygen atoms in total. The van der Waals surface area contributed by atoms with Gasteiger partial charge in [0.05, 0.1) is 48.2 Å². The summed E-state index contributed by atoms with van der Waals surface area (Å²) in [5.74, 6) is 1.83. The molecule has 0 radical (unpaired) electrons. The predicted octanol–water partition coefficient (Wildman–Crippen LogP) is 3.75. The molecule has 9 heteroatoms. The molecule has 0 bridgehead atoms. The van der Waals surface area contributed by atoms with Crippen molar-refractivity contribution in [1.29, 1.82) is 5.26 Å². The number of piperidine rings is 1. The minimum absolute atomic E-state index is 0.168. The fourth-order valence-electron chi connectivity index (χ4n) is 4.94. The van der Waals surface area contributed by atoms with E-state index in [2.05, 4.69) is 33.1 Å². The van der Waals surface area contributed by atoms with E-state index in [-0.39, 0.29) is 5.56 Å². The quantitative estimate of drug-likeness (QED) is 0.346. The molecule has 0 unspecified atom stereocenters. The van der Waals surface area contributed by atoms with Gasteiger partial charge in [-0.05, 0) is 74.8 Å². The third kappa shape index (κ3) is 4.74. The zero-order valence-corrected chi connectivity index (χ0v) is 21.1. The van der Waals surface area contributed by atoms with Crippen molar-refractivity contribution in [2.45, 2.75) is 19.4 Å². The normalized spacial score (nSPS) is 14.6. The minimum atomic E-state index is -0.168. The fourth-order valence-corrected chi connectivity index (χ4v) is 4.94. The molecule has 38 heavy (non-hydrogen) atoms. The molecule has 0 amide bonds. The Morgan fingerprint density at radius 3 is 2.66 bits per heavy atom. The van der Waals surface area contributed by atoms with Crippen LogP contribution in [0.4, 0.5) is 0 Å². The molecule has 5 aromatic rings. The zero-order valence-electron chi connectivity index (χ0n) is 21.1. The molecule has 3 aromatic heterocycles. The second kappa shape index (κ2) is 10.1. The molecule has 0 saturated carbocycles. The van der Waals surface area contributed by atoms with E-state index in [4.69, 9.17) is 4.74 Å². The molecular weight excluding hydrogens is 478 g/mol. The highest BCUT2D eigenvalue weighted by atomic mass is 16.5. The summed E-state index contributed by atoms with van der Waals surface area (Å²) in [6, 6.07) is 18.6. The molecular formula is C29H27N7O2. The molecule has 0 aliphatic carbocycles. The Labute approximate surface area is 219 Å². The summed E-state index contributed by atoms with van der Waals surface area (Å²) in [5, 5.41) is 14.7. The number of likely N-dealkylation sites (tertiary alicyclic amines) is 1. The van der Waals surface area contributed by atoms with Crippen molar-refractivity contribution < 1.29 is 4.74 Å². The van der Waals surface area contributed by atoms with Gasteiger partial charge in [0.2, 0.25) is 0 Å². The van der Waals surface area contributed by atoms with Gasteiger partial charge in [-0.3, -0.25) is 4.79 Å². The van der Waals surface area contributed by atoms with Crippen LogP contribution >= 0.6 is 0 Å². The van der Waals surface area contributed by atoms with E-state index in [1.165, 1.54) is 6.07 Å². The predicted molar refractivity (Wildman–Crippen MR) is 144 cm³/mol. The third-order valence-electron chi connectivity index (χ3n) is 7.16. The third-order valence-corrected chi connectivity index (χ3v) is 7.16. The first-order valence-electron chi connectivity index (χ1n) is 12.7. The van der Waals surface area contributed by atoms with E-state index in [0.717, 1.165) is 53.5 Å². The Balaban J connectivity index is 1.22. The minimum Gasteiger partial charge on any atom is -0.490 e. The maximum atomic E-state index is 12.8. The number of fused-ring (bicyclic) bond motifs is 3. The number of ether oxygens (including phenoxy) is 1. The summed E-state index contributed by atoms with van der Waals surface area (Å²) in [5.41, 5.74) is 3.65. The lowest BCUT2D eigenvalue weighted by molar-refractivity contribution is 0.159. The molecule has 6 rings (SSSR count). The number of nitriles is 1. The van der Waals surface area contributed by atoms with Crippen molar-refractivity contribution in [3.05, 3.63) is 88.5 Å². The lowest BCUT2D eigenvalue weighted by Gasteiger charge is -2.28. The van der Waals surface area contributed by atoms with Crippen LogP contribution in [0.1, 0.15) is 24.0 Å². The first kappa shape index (κ1) is 23.8. The molecule has 1 fully saturated rings. The van der Waals surface area contributed by atoms with Crippen molar-refractivity contribution in [3.63, 3.8) is 0 Å². The number of hydrogen-bond acceptors (Lipinski definition) is 7. The lowest BCUT2D eigenvalue weighted by Crippen LogP contribution is -2.32. The van der Waals surface area contributed by atoms with E-state index in [9.17, 15) is 10.1 Å². The van der Waals surface area contributed by atoms with Crippen LogP contribution in [0.2, 0.25) is 0 Å². The van der Waals surface area contributed by atoms with Gasteiger partial charge in [0, 0.05) is 17.0 Å². The van der Waals surface area contributed by atoms with Gasteiger partial charge in [-0.2, -0.15) is 15.0 Å². The Morgan fingerprint density at radius 1 is 1.05 bits per heavy atom. The maximum Gasteiger partial charge on any atom is 0.267 e. The van der Waals surface area contributed by atoms with Gasteiger partial charge in [0.1, 0.15) is 0 Å². The molecule has 2 aromatic carbocycles. The Bertz CT molecular complexity index is 1710. The molecule has 1 aliphatic heterocycles. The molecule has 4 heterocycles. The van der Waals surface area contributed by atoms with E-state index >= 15 is 0 Å². The monoisotopic (exact) mass is 505 g/mol. The Kier molecular flexibility index (Phi) is 6.32. The van der Waals surface area contributed by atoms with Crippen LogP contribution in [-0.2, 0) is 6.54 Å². The summed E-state index contributed by atoms with van der Waals surface area (Å²) in [7, 11) is 2.16. The van der Waals surface area contributed by atoms with Gasteiger partial charge in [-0.15, -0.1) is 0 Å². The van der Waals surface area contributed by atoms with Gasteiger partial charge in [-0.1, -0.05) is 18.2 Å². The van der Waals surface area contributed by atoms with Crippen molar-refractivity contribution in [2.75, 3.05) is 26.7 Å². The van der Waals surface area contributed by atoms with Gasteiger partial charge in [0.15, 0.2) is 11.6 Å². The average molecular weight is 506 g/mol. The number of hydrogen-bond donors (Lipinski definition) is 0. The van der Waals surface area contributed by atoms with Crippen LogP contribution in [0.3, 0.4) is 0 Å². The van der Waals surface area contributed by atoms with Crippen LogP contribution in [-0.4, -0.2) is 56.0 Å². The zero-order chi connectivity index (χ0) is 26.1. The molecule has 0 spiro atoms. The average Bonchev–Trinajstić information content (AvgIpc) is 3.33. The second-order valence-corrected chi connectivity index (χ2v) is 9.85. The highest BCUT2D eigenvalue weighted by Gasteiger charge is 2.17. The van der Waals surface area contributed by atoms with Gasteiger partial charge < -0.3 is 9.64 Å². The summed E-state index contributed by atoms with van der Waals surface area (Å²) in [6.07, 6.45) is 5.74. The van der Waals surface area contributed by atoms with Crippen LogP contribution < -0.4 is 10.3 Å². The summed E-state index contributed by atoms with van der Waals surface area (Å²) >= 11 is 0. The van der Waals surface area contributed by atoms with Gasteiger partial charge in [0.25, 0.3) is 5.56 Å². The highest BCUT2D eigenvalue weighted by molar-refractivity contribution is 5.94. The van der Waals surface area contributed by atoms with E-state index in [1.807, 2.05) is 24.3 Å². The number of rotatable bonds is 6.